The van der Waals surface area contributed by atoms with Gasteiger partial charge in [-0.2, -0.15) is 0 Å². The molecule has 8 heteroatoms. The van der Waals surface area contributed by atoms with Gasteiger partial charge in [0.2, 0.25) is 5.75 Å². The number of esters is 1. The van der Waals surface area contributed by atoms with Gasteiger partial charge in [0.05, 0.1) is 10.5 Å². The smallest absolute Gasteiger partial charge is 0.377 e. The van der Waals surface area contributed by atoms with E-state index in [-0.39, 0.29) is 16.9 Å². The number of rotatable bonds is 5. The molecule has 0 heterocycles. The summed E-state index contributed by atoms with van der Waals surface area (Å²) in [6, 6.07) is 10.6. The maximum absolute atomic E-state index is 11.9. The number of benzene rings is 2. The fourth-order valence-corrected chi connectivity index (χ4v) is 1.74. The number of carboxylic acid groups (broad SMARTS) is 1. The van der Waals surface area contributed by atoms with Crippen LogP contribution < -0.4 is 4.74 Å². The zero-order valence-corrected chi connectivity index (χ0v) is 11.5. The number of carbonyl (C=O) groups excluding carboxylic acids is 2. The highest BCUT2D eigenvalue weighted by atomic mass is 16.6. The first-order chi connectivity index (χ1) is 10.9. The number of nitro benzene ring substituents is 1. The maximum Gasteiger partial charge on any atom is 0.377 e. The molecule has 1 N–H and O–H groups in total. The van der Waals surface area contributed by atoms with Gasteiger partial charge in [0.1, 0.15) is 0 Å². The molecule has 0 aliphatic rings. The van der Waals surface area contributed by atoms with Gasteiger partial charge < -0.3 is 9.84 Å². The minimum Gasteiger partial charge on any atom is -0.475 e. The summed E-state index contributed by atoms with van der Waals surface area (Å²) in [4.78, 5) is 44.0. The lowest BCUT2D eigenvalue weighted by Crippen LogP contribution is -2.14. The van der Waals surface area contributed by atoms with Gasteiger partial charge in [-0.15, -0.1) is 0 Å². The Balaban J connectivity index is 2.35. The first kappa shape index (κ1) is 15.8. The van der Waals surface area contributed by atoms with Crippen LogP contribution in [0.4, 0.5) is 5.69 Å². The number of hydrogen-bond acceptors (Lipinski definition) is 6. The van der Waals surface area contributed by atoms with Crippen LogP contribution in [0, 0.1) is 10.1 Å². The molecule has 2 aromatic rings. The van der Waals surface area contributed by atoms with Gasteiger partial charge in [-0.05, 0) is 24.3 Å². The summed E-state index contributed by atoms with van der Waals surface area (Å²) < 4.78 is 4.95. The van der Waals surface area contributed by atoms with Crippen molar-refractivity contribution in [3.05, 3.63) is 69.8 Å². The number of ketones is 1. The Hall–Kier alpha value is -3.55. The third-order valence-corrected chi connectivity index (χ3v) is 2.82. The second-order valence-electron chi connectivity index (χ2n) is 4.33. The van der Waals surface area contributed by atoms with Crippen LogP contribution in [-0.4, -0.2) is 27.8 Å². The SMILES string of the molecule is O=C(O)C(=O)c1ccc(OC(=O)c2ccccc2)c([N+](=O)[O-])c1. The van der Waals surface area contributed by atoms with Crippen molar-refractivity contribution in [1.82, 2.24) is 0 Å². The molecule has 0 fully saturated rings. The van der Waals surface area contributed by atoms with Gasteiger partial charge in [0.15, 0.2) is 0 Å². The summed E-state index contributed by atoms with van der Waals surface area (Å²) in [6.45, 7) is 0. The van der Waals surface area contributed by atoms with E-state index in [0.29, 0.717) is 0 Å². The van der Waals surface area contributed by atoms with Crippen molar-refractivity contribution < 1.29 is 29.2 Å². The summed E-state index contributed by atoms with van der Waals surface area (Å²) in [5.41, 5.74) is -0.877. The summed E-state index contributed by atoms with van der Waals surface area (Å²) >= 11 is 0. The Bertz CT molecular complexity index is 799. The van der Waals surface area contributed by atoms with Crippen LogP contribution in [0.5, 0.6) is 5.75 Å². The highest BCUT2D eigenvalue weighted by Crippen LogP contribution is 2.29. The average molecular weight is 315 g/mol. The molecule has 0 aliphatic heterocycles. The normalized spacial score (nSPS) is 9.91. The number of ether oxygens (including phenoxy) is 1. The third kappa shape index (κ3) is 3.56. The van der Waals surface area contributed by atoms with E-state index < -0.39 is 28.3 Å². The van der Waals surface area contributed by atoms with Crippen LogP contribution in [0.1, 0.15) is 20.7 Å². The molecule has 2 aromatic carbocycles. The van der Waals surface area contributed by atoms with E-state index in [2.05, 4.69) is 0 Å². The third-order valence-electron chi connectivity index (χ3n) is 2.82. The molecule has 0 saturated carbocycles. The number of carbonyl (C=O) groups is 3. The van der Waals surface area contributed by atoms with Gasteiger partial charge in [-0.1, -0.05) is 18.2 Å². The molecule has 23 heavy (non-hydrogen) atoms. The molecule has 0 unspecified atom stereocenters. The van der Waals surface area contributed by atoms with Gasteiger partial charge >= 0.3 is 17.6 Å². The van der Waals surface area contributed by atoms with Crippen LogP contribution in [0.2, 0.25) is 0 Å². The molecule has 0 atom stereocenters. The van der Waals surface area contributed by atoms with E-state index in [9.17, 15) is 24.5 Å². The molecule has 2 rings (SSSR count). The molecule has 0 radical (unpaired) electrons. The maximum atomic E-state index is 11.9. The zero-order valence-electron chi connectivity index (χ0n) is 11.5. The van der Waals surface area contributed by atoms with E-state index in [1.165, 1.54) is 12.1 Å². The predicted octanol–water partition coefficient (Wildman–Crippen LogP) is 2.08. The number of hydrogen-bond donors (Lipinski definition) is 1. The van der Waals surface area contributed by atoms with Crippen molar-refractivity contribution in [3.63, 3.8) is 0 Å². The van der Waals surface area contributed by atoms with Gasteiger partial charge in [-0.25, -0.2) is 9.59 Å². The summed E-state index contributed by atoms with van der Waals surface area (Å²) in [6.07, 6.45) is 0. The first-order valence-electron chi connectivity index (χ1n) is 6.23. The summed E-state index contributed by atoms with van der Waals surface area (Å²) in [5, 5.41) is 19.7. The van der Waals surface area contributed by atoms with E-state index in [1.807, 2.05) is 0 Å². The second-order valence-corrected chi connectivity index (χ2v) is 4.33. The van der Waals surface area contributed by atoms with E-state index in [4.69, 9.17) is 9.84 Å². The number of Topliss-reactive ketones (excluding diaryl/α,β-unsaturated/α-hetero) is 1. The van der Waals surface area contributed by atoms with Crippen LogP contribution in [0.3, 0.4) is 0 Å². The van der Waals surface area contributed by atoms with E-state index in [0.717, 1.165) is 18.2 Å². The summed E-state index contributed by atoms with van der Waals surface area (Å²) in [7, 11) is 0. The quantitative estimate of drug-likeness (QED) is 0.224. The highest BCUT2D eigenvalue weighted by molar-refractivity contribution is 6.40. The number of nitro groups is 1. The lowest BCUT2D eigenvalue weighted by Gasteiger charge is -2.06. The van der Waals surface area contributed by atoms with Gasteiger partial charge in [0.25, 0.3) is 5.78 Å². The lowest BCUT2D eigenvalue weighted by molar-refractivity contribution is -0.385. The second kappa shape index (κ2) is 6.48. The van der Waals surface area contributed by atoms with E-state index in [1.54, 1.807) is 18.2 Å². The van der Waals surface area contributed by atoms with Crippen molar-refractivity contribution in [1.29, 1.82) is 0 Å². The fourth-order valence-electron chi connectivity index (χ4n) is 1.74. The van der Waals surface area contributed by atoms with Crippen LogP contribution >= 0.6 is 0 Å². The van der Waals surface area contributed by atoms with Crippen LogP contribution in [-0.2, 0) is 4.79 Å². The lowest BCUT2D eigenvalue weighted by atomic mass is 10.1. The average Bonchev–Trinajstić information content (AvgIpc) is 2.55. The number of aliphatic carboxylic acids is 1. The summed E-state index contributed by atoms with van der Waals surface area (Å²) in [5.74, 6) is -4.24. The van der Waals surface area contributed by atoms with Gasteiger partial charge in [0, 0.05) is 11.6 Å². The Morgan fingerprint density at radius 2 is 1.65 bits per heavy atom. The zero-order chi connectivity index (χ0) is 17.0. The predicted molar refractivity (Wildman–Crippen MR) is 76.5 cm³/mol. The Kier molecular flexibility index (Phi) is 4.46. The van der Waals surface area contributed by atoms with Crippen LogP contribution in [0.25, 0.3) is 0 Å². The molecule has 0 aliphatic carbocycles. The van der Waals surface area contributed by atoms with E-state index >= 15 is 0 Å². The van der Waals surface area contributed by atoms with Gasteiger partial charge in [-0.3, -0.25) is 14.9 Å². The van der Waals surface area contributed by atoms with Crippen molar-refractivity contribution >= 4 is 23.4 Å². The fraction of sp³-hybridized carbons (Fsp3) is 0. The number of nitrogens with zero attached hydrogens (tertiary/aromatic N) is 1. The molecular formula is C15H9NO7. The molecule has 0 bridgehead atoms. The molecule has 8 nitrogen and oxygen atoms in total. The van der Waals surface area contributed by atoms with Crippen molar-refractivity contribution in [2.45, 2.75) is 0 Å². The molecule has 0 spiro atoms. The molecule has 116 valence electrons. The monoisotopic (exact) mass is 315 g/mol. The molecular weight excluding hydrogens is 306 g/mol. The number of carboxylic acids is 1. The van der Waals surface area contributed by atoms with Crippen molar-refractivity contribution in [3.8, 4) is 5.75 Å². The Labute approximate surface area is 129 Å². The highest BCUT2D eigenvalue weighted by Gasteiger charge is 2.23. The Morgan fingerprint density at radius 3 is 2.22 bits per heavy atom. The van der Waals surface area contributed by atoms with Crippen molar-refractivity contribution in [2.75, 3.05) is 0 Å². The Morgan fingerprint density at radius 1 is 1.00 bits per heavy atom. The molecule has 0 aromatic heterocycles. The minimum atomic E-state index is -1.74. The van der Waals surface area contributed by atoms with Crippen molar-refractivity contribution in [2.24, 2.45) is 0 Å². The largest absolute Gasteiger partial charge is 0.475 e. The topological polar surface area (TPSA) is 124 Å². The molecule has 0 amide bonds. The first-order valence-corrected chi connectivity index (χ1v) is 6.23. The standard InChI is InChI=1S/C15H9NO7/c17-13(14(18)19)10-6-7-12(11(8-10)16(21)22)23-15(20)9-4-2-1-3-5-9/h1-8H,(H,18,19). The molecule has 0 saturated heterocycles. The van der Waals surface area contributed by atoms with Crippen LogP contribution in [0.15, 0.2) is 48.5 Å². The minimum absolute atomic E-state index is 0.187.